The molecule has 5 rings (SSSR count). The van der Waals surface area contributed by atoms with Gasteiger partial charge in [-0.1, -0.05) is 29.8 Å². The molecule has 10 nitrogen and oxygen atoms in total. The molecule has 2 aliphatic heterocycles. The van der Waals surface area contributed by atoms with Crippen LogP contribution in [0, 0.1) is 0 Å². The van der Waals surface area contributed by atoms with Gasteiger partial charge in [0.1, 0.15) is 22.5 Å². The van der Waals surface area contributed by atoms with Crippen LogP contribution < -0.4 is 9.80 Å². The number of aliphatic hydroxyl groups is 2. The number of hydrogen-bond donors (Lipinski definition) is 2. The molecular weight excluding hydrogens is 542 g/mol. The standard InChI is InChI=1S/C12H19N3O.C12H17N3O.C6H6ClNO/c2*1-14(2)11-6-7-15(8-11)12-5-3-4-10(9-16)13-12;7-6-3-1-2-5(4-9)8-6/h3-5,11,16H,6-9H2,1-2H3;3-5,9,11H,6-8H2,1-2H3;1-3,9H,4H2. The number of likely N-dealkylation sites (N-methyl/N-ethyl adjacent to an activating group) is 2. The minimum Gasteiger partial charge on any atom is -0.390 e. The van der Waals surface area contributed by atoms with E-state index in [9.17, 15) is 4.79 Å². The van der Waals surface area contributed by atoms with Crippen LogP contribution in [0.3, 0.4) is 0 Å². The number of pyridine rings is 3. The molecule has 41 heavy (non-hydrogen) atoms. The Bertz CT molecular complexity index is 1230. The first kappa shape index (κ1) is 32.4. The Labute approximate surface area is 248 Å². The number of carbonyl (C=O) groups is 1. The summed E-state index contributed by atoms with van der Waals surface area (Å²) in [5.74, 6) is 1.89. The Kier molecular flexibility index (Phi) is 12.9. The van der Waals surface area contributed by atoms with E-state index in [1.807, 2.05) is 30.3 Å². The van der Waals surface area contributed by atoms with E-state index < -0.39 is 0 Å². The third kappa shape index (κ3) is 10.0. The van der Waals surface area contributed by atoms with Crippen LogP contribution in [0.25, 0.3) is 0 Å². The molecule has 0 spiro atoms. The smallest absolute Gasteiger partial charge is 0.168 e. The van der Waals surface area contributed by atoms with E-state index in [0.29, 0.717) is 28.6 Å². The Balaban J connectivity index is 0.000000176. The van der Waals surface area contributed by atoms with Crippen LogP contribution in [-0.2, 0) is 13.2 Å². The normalized spacial score (nSPS) is 18.2. The van der Waals surface area contributed by atoms with Gasteiger partial charge in [0.2, 0.25) is 0 Å². The third-order valence-electron chi connectivity index (χ3n) is 7.20. The van der Waals surface area contributed by atoms with Crippen molar-refractivity contribution < 1.29 is 15.0 Å². The van der Waals surface area contributed by atoms with Gasteiger partial charge >= 0.3 is 0 Å². The van der Waals surface area contributed by atoms with Gasteiger partial charge in [-0.05, 0) is 77.4 Å². The fourth-order valence-corrected chi connectivity index (χ4v) is 4.87. The minimum absolute atomic E-state index is 0.0127. The van der Waals surface area contributed by atoms with E-state index in [2.05, 4.69) is 62.7 Å². The zero-order chi connectivity index (χ0) is 29.8. The summed E-state index contributed by atoms with van der Waals surface area (Å²) in [6.45, 7) is 4.03. The SMILES string of the molecule is CN(C)C1CCN(c2cccc(C=O)n2)C1.CN(C)C1CCN(c2cccc(CO)n2)C1.OCc1cccc(Cl)n1. The number of aliphatic hydroxyl groups excluding tert-OH is 2. The van der Waals surface area contributed by atoms with Gasteiger partial charge in [-0.15, -0.1) is 0 Å². The number of hydrogen-bond acceptors (Lipinski definition) is 10. The molecule has 3 aromatic heterocycles. The highest BCUT2D eigenvalue weighted by molar-refractivity contribution is 6.29. The molecule has 0 saturated carbocycles. The molecular formula is C30H42ClN7O3. The molecule has 2 atom stereocenters. The number of nitrogens with zero attached hydrogens (tertiary/aromatic N) is 7. The van der Waals surface area contributed by atoms with Crippen LogP contribution in [0.2, 0.25) is 5.15 Å². The van der Waals surface area contributed by atoms with Crippen LogP contribution in [0.4, 0.5) is 11.6 Å². The summed E-state index contributed by atoms with van der Waals surface area (Å²) >= 11 is 5.50. The summed E-state index contributed by atoms with van der Waals surface area (Å²) in [5, 5.41) is 18.0. The van der Waals surface area contributed by atoms with Crippen molar-refractivity contribution in [2.75, 3.05) is 64.2 Å². The summed E-state index contributed by atoms with van der Waals surface area (Å²) in [7, 11) is 8.43. The van der Waals surface area contributed by atoms with Gasteiger partial charge in [-0.2, -0.15) is 0 Å². The van der Waals surface area contributed by atoms with Crippen LogP contribution in [0.15, 0.2) is 54.6 Å². The number of rotatable bonds is 7. The van der Waals surface area contributed by atoms with Gasteiger partial charge < -0.3 is 29.8 Å². The zero-order valence-electron chi connectivity index (χ0n) is 24.4. The lowest BCUT2D eigenvalue weighted by Crippen LogP contribution is -2.31. The lowest BCUT2D eigenvalue weighted by molar-refractivity contribution is 0.111. The summed E-state index contributed by atoms with van der Waals surface area (Å²) < 4.78 is 0. The average Bonchev–Trinajstić information content (AvgIpc) is 3.69. The molecule has 5 heterocycles. The number of halogens is 1. The maximum Gasteiger partial charge on any atom is 0.168 e. The molecule has 0 radical (unpaired) electrons. The van der Waals surface area contributed by atoms with Crippen LogP contribution >= 0.6 is 11.6 Å². The molecule has 3 aromatic rings. The summed E-state index contributed by atoms with van der Waals surface area (Å²) in [4.78, 5) is 32.2. The lowest BCUT2D eigenvalue weighted by Gasteiger charge is -2.21. The Hall–Kier alpha value is -3.15. The predicted molar refractivity (Wildman–Crippen MR) is 164 cm³/mol. The molecule has 222 valence electrons. The Morgan fingerprint density at radius 2 is 1.27 bits per heavy atom. The fraction of sp³-hybridized carbons (Fsp3) is 0.467. The molecule has 0 amide bonds. The fourth-order valence-electron chi connectivity index (χ4n) is 4.69. The van der Waals surface area contributed by atoms with Crippen molar-refractivity contribution in [2.24, 2.45) is 0 Å². The van der Waals surface area contributed by atoms with Gasteiger partial charge in [-0.3, -0.25) is 4.79 Å². The van der Waals surface area contributed by atoms with Crippen LogP contribution in [0.5, 0.6) is 0 Å². The first-order valence-electron chi connectivity index (χ1n) is 13.8. The van der Waals surface area contributed by atoms with Gasteiger partial charge in [0, 0.05) is 38.3 Å². The number of aromatic nitrogens is 3. The number of carbonyl (C=O) groups excluding carboxylic acids is 1. The molecule has 2 unspecified atom stereocenters. The summed E-state index contributed by atoms with van der Waals surface area (Å²) in [6, 6.07) is 17.7. The minimum atomic E-state index is -0.0550. The predicted octanol–water partition coefficient (Wildman–Crippen LogP) is 2.98. The second kappa shape index (κ2) is 16.3. The third-order valence-corrected chi connectivity index (χ3v) is 7.41. The van der Waals surface area contributed by atoms with Crippen LogP contribution in [0.1, 0.15) is 34.7 Å². The van der Waals surface area contributed by atoms with Crippen molar-refractivity contribution in [1.29, 1.82) is 0 Å². The van der Waals surface area contributed by atoms with E-state index in [1.54, 1.807) is 24.3 Å². The second-order valence-electron chi connectivity index (χ2n) is 10.5. The largest absolute Gasteiger partial charge is 0.390 e. The maximum atomic E-state index is 10.7. The monoisotopic (exact) mass is 583 g/mol. The summed E-state index contributed by atoms with van der Waals surface area (Å²) in [6.07, 6.45) is 3.13. The summed E-state index contributed by atoms with van der Waals surface area (Å²) in [5.41, 5.74) is 1.85. The highest BCUT2D eigenvalue weighted by Gasteiger charge is 2.25. The highest BCUT2D eigenvalue weighted by Crippen LogP contribution is 2.21. The lowest BCUT2D eigenvalue weighted by atomic mass is 10.2. The second-order valence-corrected chi connectivity index (χ2v) is 10.9. The van der Waals surface area contributed by atoms with Gasteiger partial charge in [0.25, 0.3) is 0 Å². The Morgan fingerprint density at radius 3 is 1.71 bits per heavy atom. The van der Waals surface area contributed by atoms with E-state index in [0.717, 1.165) is 56.2 Å². The quantitative estimate of drug-likeness (QED) is 0.318. The molecule has 11 heteroatoms. The molecule has 2 saturated heterocycles. The molecule has 0 aliphatic carbocycles. The topological polar surface area (TPSA) is 109 Å². The number of aldehydes is 1. The van der Waals surface area contributed by atoms with Gasteiger partial charge in [0.05, 0.1) is 24.6 Å². The van der Waals surface area contributed by atoms with Gasteiger partial charge in [-0.25, -0.2) is 15.0 Å². The van der Waals surface area contributed by atoms with Crippen molar-refractivity contribution in [3.05, 3.63) is 76.8 Å². The van der Waals surface area contributed by atoms with E-state index in [1.165, 1.54) is 6.42 Å². The van der Waals surface area contributed by atoms with Crippen molar-refractivity contribution in [2.45, 2.75) is 38.1 Å². The van der Waals surface area contributed by atoms with Gasteiger partial charge in [0.15, 0.2) is 6.29 Å². The van der Waals surface area contributed by atoms with E-state index >= 15 is 0 Å². The van der Waals surface area contributed by atoms with Crippen molar-refractivity contribution >= 4 is 29.5 Å². The number of anilines is 2. The first-order valence-corrected chi connectivity index (χ1v) is 14.2. The van der Waals surface area contributed by atoms with Crippen molar-refractivity contribution in [3.63, 3.8) is 0 Å². The highest BCUT2D eigenvalue weighted by atomic mass is 35.5. The first-order chi connectivity index (χ1) is 19.7. The molecule has 2 fully saturated rings. The van der Waals surface area contributed by atoms with Crippen molar-refractivity contribution in [1.82, 2.24) is 24.8 Å². The van der Waals surface area contributed by atoms with E-state index in [4.69, 9.17) is 21.8 Å². The molecule has 0 aromatic carbocycles. The average molecular weight is 584 g/mol. The molecule has 2 aliphatic rings. The molecule has 0 bridgehead atoms. The van der Waals surface area contributed by atoms with E-state index in [-0.39, 0.29) is 13.2 Å². The maximum absolute atomic E-state index is 10.7. The van der Waals surface area contributed by atoms with Crippen molar-refractivity contribution in [3.8, 4) is 0 Å². The molecule has 2 N–H and O–H groups in total. The van der Waals surface area contributed by atoms with Crippen LogP contribution in [-0.4, -0.2) is 108 Å². The zero-order valence-corrected chi connectivity index (χ0v) is 25.2. The Morgan fingerprint density at radius 1 is 0.780 bits per heavy atom.